The van der Waals surface area contributed by atoms with Crippen LogP contribution in [-0.4, -0.2) is 37.2 Å². The number of nitrogens with zero attached hydrogens (tertiary/aromatic N) is 1. The number of amides is 2. The first-order valence-electron chi connectivity index (χ1n) is 7.73. The molecule has 7 nitrogen and oxygen atoms in total. The van der Waals surface area contributed by atoms with E-state index in [0.717, 1.165) is 12.1 Å². The minimum atomic E-state index is -0.800. The summed E-state index contributed by atoms with van der Waals surface area (Å²) in [5.41, 5.74) is 0.582. The number of hydrogen-bond donors (Lipinski definition) is 2. The Labute approximate surface area is 134 Å². The third kappa shape index (κ3) is 2.78. The average molecular weight is 319 g/mol. The number of rotatable bonds is 4. The predicted octanol–water partition coefficient (Wildman–Crippen LogP) is 1.48. The van der Waals surface area contributed by atoms with Gasteiger partial charge in [-0.25, -0.2) is 0 Å². The normalized spacial score (nSPS) is 17.5. The molecule has 0 radical (unpaired) electrons. The molecule has 23 heavy (non-hydrogen) atoms. The van der Waals surface area contributed by atoms with Gasteiger partial charge < -0.3 is 20.1 Å². The molecule has 2 N–H and O–H groups in total. The molecular formula is C16H21N3O4. The van der Waals surface area contributed by atoms with Crippen LogP contribution in [0.1, 0.15) is 27.2 Å². The van der Waals surface area contributed by atoms with E-state index in [-0.39, 0.29) is 25.2 Å². The van der Waals surface area contributed by atoms with Gasteiger partial charge in [0.2, 0.25) is 12.7 Å². The number of carbonyl (C=O) groups is 2. The van der Waals surface area contributed by atoms with Crippen molar-refractivity contribution in [3.8, 4) is 11.5 Å². The Morgan fingerprint density at radius 3 is 2.74 bits per heavy atom. The summed E-state index contributed by atoms with van der Waals surface area (Å²) in [6.45, 7) is 6.30. The molecule has 0 bridgehead atoms. The summed E-state index contributed by atoms with van der Waals surface area (Å²) in [5, 5.41) is 6.01. The highest BCUT2D eigenvalue weighted by Crippen LogP contribution is 2.44. The van der Waals surface area contributed by atoms with Crippen LogP contribution in [0.2, 0.25) is 0 Å². The van der Waals surface area contributed by atoms with E-state index in [4.69, 9.17) is 9.47 Å². The number of anilines is 2. The van der Waals surface area contributed by atoms with Crippen molar-refractivity contribution in [2.75, 3.05) is 30.1 Å². The van der Waals surface area contributed by atoms with Gasteiger partial charge in [0, 0.05) is 18.7 Å². The lowest BCUT2D eigenvalue weighted by Gasteiger charge is -2.39. The van der Waals surface area contributed by atoms with Gasteiger partial charge in [-0.15, -0.1) is 0 Å². The lowest BCUT2D eigenvalue weighted by molar-refractivity contribution is -0.125. The summed E-state index contributed by atoms with van der Waals surface area (Å²) < 4.78 is 10.8. The van der Waals surface area contributed by atoms with Crippen molar-refractivity contribution in [2.24, 2.45) is 0 Å². The summed E-state index contributed by atoms with van der Waals surface area (Å²) in [5.74, 6) is 0.880. The van der Waals surface area contributed by atoms with Crippen LogP contribution in [0.15, 0.2) is 12.1 Å². The second-order valence-electron chi connectivity index (χ2n) is 6.21. The van der Waals surface area contributed by atoms with Crippen molar-refractivity contribution >= 4 is 23.2 Å². The molecular weight excluding hydrogens is 298 g/mol. The first kappa shape index (κ1) is 15.5. The molecule has 2 aliphatic rings. The number of hydrogen-bond acceptors (Lipinski definition) is 5. The quantitative estimate of drug-likeness (QED) is 0.879. The van der Waals surface area contributed by atoms with Crippen LogP contribution in [0.3, 0.4) is 0 Å². The van der Waals surface area contributed by atoms with E-state index >= 15 is 0 Å². The number of nitrogens with one attached hydrogen (secondary N) is 2. The largest absolute Gasteiger partial charge is 0.454 e. The Morgan fingerprint density at radius 2 is 2.04 bits per heavy atom. The zero-order chi connectivity index (χ0) is 16.6. The second-order valence-corrected chi connectivity index (χ2v) is 6.21. The van der Waals surface area contributed by atoms with Crippen molar-refractivity contribution in [1.29, 1.82) is 0 Å². The fourth-order valence-electron chi connectivity index (χ4n) is 2.71. The van der Waals surface area contributed by atoms with Crippen molar-refractivity contribution in [2.45, 2.75) is 32.7 Å². The molecule has 1 aromatic rings. The molecule has 0 aromatic heterocycles. The fourth-order valence-corrected chi connectivity index (χ4v) is 2.71. The van der Waals surface area contributed by atoms with E-state index in [1.165, 1.54) is 4.90 Å². The Hall–Kier alpha value is -2.44. The van der Waals surface area contributed by atoms with Gasteiger partial charge in [0.1, 0.15) is 12.1 Å². The van der Waals surface area contributed by atoms with E-state index in [1.807, 2.05) is 13.0 Å². The zero-order valence-corrected chi connectivity index (χ0v) is 13.6. The highest BCUT2D eigenvalue weighted by molar-refractivity contribution is 6.10. The van der Waals surface area contributed by atoms with E-state index < -0.39 is 5.54 Å². The molecule has 2 aliphatic heterocycles. The Bertz CT molecular complexity index is 657. The van der Waals surface area contributed by atoms with Crippen molar-refractivity contribution in [3.63, 3.8) is 0 Å². The van der Waals surface area contributed by atoms with Crippen LogP contribution in [0.4, 0.5) is 11.4 Å². The van der Waals surface area contributed by atoms with Crippen LogP contribution in [0.5, 0.6) is 11.5 Å². The van der Waals surface area contributed by atoms with Crippen LogP contribution >= 0.6 is 0 Å². The van der Waals surface area contributed by atoms with Gasteiger partial charge in [0.25, 0.3) is 5.91 Å². The molecule has 0 atom stereocenters. The molecule has 2 amide bonds. The summed E-state index contributed by atoms with van der Waals surface area (Å²) in [7, 11) is 0. The van der Waals surface area contributed by atoms with Crippen molar-refractivity contribution in [1.82, 2.24) is 5.32 Å². The molecule has 0 aliphatic carbocycles. The van der Waals surface area contributed by atoms with Gasteiger partial charge in [-0.2, -0.15) is 0 Å². The Balaban J connectivity index is 1.94. The highest BCUT2D eigenvalue weighted by Gasteiger charge is 2.40. The molecule has 2 heterocycles. The summed E-state index contributed by atoms with van der Waals surface area (Å²) in [6.07, 6.45) is 0.849. The van der Waals surface area contributed by atoms with E-state index in [2.05, 4.69) is 10.6 Å². The van der Waals surface area contributed by atoms with E-state index in [1.54, 1.807) is 19.9 Å². The fraction of sp³-hybridized carbons (Fsp3) is 0.500. The Morgan fingerprint density at radius 1 is 1.35 bits per heavy atom. The molecule has 0 saturated heterocycles. The predicted molar refractivity (Wildman–Crippen MR) is 85.9 cm³/mol. The molecule has 1 aromatic carbocycles. The van der Waals surface area contributed by atoms with Gasteiger partial charge >= 0.3 is 0 Å². The van der Waals surface area contributed by atoms with Crippen molar-refractivity contribution < 1.29 is 19.1 Å². The summed E-state index contributed by atoms with van der Waals surface area (Å²) in [4.78, 5) is 26.3. The molecule has 0 saturated carbocycles. The van der Waals surface area contributed by atoms with Gasteiger partial charge in [-0.1, -0.05) is 6.92 Å². The van der Waals surface area contributed by atoms with Gasteiger partial charge in [0.15, 0.2) is 11.5 Å². The first-order valence-corrected chi connectivity index (χ1v) is 7.73. The van der Waals surface area contributed by atoms with Crippen LogP contribution in [-0.2, 0) is 9.59 Å². The molecule has 0 fully saturated rings. The maximum Gasteiger partial charge on any atom is 0.252 e. The topological polar surface area (TPSA) is 79.9 Å². The Kier molecular flexibility index (Phi) is 3.79. The van der Waals surface area contributed by atoms with Crippen LogP contribution in [0, 0.1) is 0 Å². The average Bonchev–Trinajstić information content (AvgIpc) is 2.95. The monoisotopic (exact) mass is 319 g/mol. The number of ether oxygens (including phenoxy) is 2. The summed E-state index contributed by atoms with van der Waals surface area (Å²) >= 11 is 0. The molecule has 3 rings (SSSR count). The third-order valence-electron chi connectivity index (χ3n) is 3.88. The lowest BCUT2D eigenvalue weighted by Crippen LogP contribution is -2.56. The number of fused-ring (bicyclic) bond motifs is 2. The molecule has 124 valence electrons. The number of benzene rings is 1. The smallest absolute Gasteiger partial charge is 0.252 e. The molecule has 7 heteroatoms. The third-order valence-corrected chi connectivity index (χ3v) is 3.88. The zero-order valence-electron chi connectivity index (χ0n) is 13.6. The number of carbonyl (C=O) groups excluding carboxylic acids is 2. The first-order chi connectivity index (χ1) is 10.9. The van der Waals surface area contributed by atoms with E-state index in [0.29, 0.717) is 23.7 Å². The van der Waals surface area contributed by atoms with Crippen molar-refractivity contribution in [3.05, 3.63) is 12.1 Å². The van der Waals surface area contributed by atoms with Gasteiger partial charge in [0.05, 0.1) is 11.4 Å². The maximum atomic E-state index is 12.7. The second kappa shape index (κ2) is 5.64. The molecule has 0 unspecified atom stereocenters. The van der Waals surface area contributed by atoms with Crippen LogP contribution < -0.4 is 25.0 Å². The minimum Gasteiger partial charge on any atom is -0.454 e. The minimum absolute atomic E-state index is 0.0173. The van der Waals surface area contributed by atoms with Gasteiger partial charge in [-0.3, -0.25) is 14.5 Å². The standard InChI is InChI=1S/C16H21N3O4/c1-4-5-17-14(20)8-19-11-7-13-12(22-9-23-13)6-10(11)18-16(2,3)15(19)21/h6-7,18H,4-5,8-9H2,1-3H3,(H,17,20). The van der Waals surface area contributed by atoms with Crippen LogP contribution in [0.25, 0.3) is 0 Å². The molecule has 0 spiro atoms. The maximum absolute atomic E-state index is 12.7. The van der Waals surface area contributed by atoms with E-state index in [9.17, 15) is 9.59 Å². The van der Waals surface area contributed by atoms with Gasteiger partial charge in [-0.05, 0) is 20.3 Å². The highest BCUT2D eigenvalue weighted by atomic mass is 16.7. The SMILES string of the molecule is CCCNC(=O)CN1C(=O)C(C)(C)Nc2cc3c(cc21)OCO3. The summed E-state index contributed by atoms with van der Waals surface area (Å²) in [6, 6.07) is 3.55. The lowest BCUT2D eigenvalue weighted by atomic mass is 9.97.